The molecule has 0 spiro atoms. The summed E-state index contributed by atoms with van der Waals surface area (Å²) >= 11 is 0. The Morgan fingerprint density at radius 1 is 1.26 bits per heavy atom. The molecule has 19 heavy (non-hydrogen) atoms. The quantitative estimate of drug-likeness (QED) is 0.844. The van der Waals surface area contributed by atoms with E-state index >= 15 is 0 Å². The van der Waals surface area contributed by atoms with Gasteiger partial charge in [0.2, 0.25) is 0 Å². The summed E-state index contributed by atoms with van der Waals surface area (Å²) in [7, 11) is 0. The molecule has 110 valence electrons. The number of carbonyl (C=O) groups is 2. The Kier molecular flexibility index (Phi) is 4.47. The number of nitrogens with zero attached hydrogens (tertiary/aromatic N) is 1. The Labute approximate surface area is 109 Å². The Morgan fingerprint density at radius 3 is 2.16 bits per heavy atom. The first-order chi connectivity index (χ1) is 8.57. The highest BCUT2D eigenvalue weighted by Gasteiger charge is 2.51. The van der Waals surface area contributed by atoms with Crippen LogP contribution in [0.3, 0.4) is 0 Å². The van der Waals surface area contributed by atoms with Gasteiger partial charge in [-0.3, -0.25) is 9.59 Å². The minimum atomic E-state index is -4.97. The lowest BCUT2D eigenvalue weighted by molar-refractivity contribution is -0.196. The molecule has 0 aliphatic carbocycles. The lowest BCUT2D eigenvalue weighted by atomic mass is 9.80. The number of hydrogen-bond acceptors (Lipinski definition) is 2. The lowest BCUT2D eigenvalue weighted by Crippen LogP contribution is -2.59. The van der Waals surface area contributed by atoms with Crippen molar-refractivity contribution in [2.75, 3.05) is 0 Å². The van der Waals surface area contributed by atoms with Gasteiger partial charge in [0, 0.05) is 12.1 Å². The number of carbonyl (C=O) groups excluding carboxylic acids is 1. The SMILES string of the molecule is CC(C)C1C(C(=O)O)CCC(C)N1C(=O)C(F)(F)F. The second-order valence-electron chi connectivity index (χ2n) is 5.32. The molecule has 1 rings (SSSR count). The highest BCUT2D eigenvalue weighted by molar-refractivity contribution is 5.83. The summed E-state index contributed by atoms with van der Waals surface area (Å²) in [6, 6.07) is -1.52. The van der Waals surface area contributed by atoms with Gasteiger partial charge in [0.15, 0.2) is 0 Å². The summed E-state index contributed by atoms with van der Waals surface area (Å²) in [6.07, 6.45) is -4.41. The van der Waals surface area contributed by atoms with E-state index in [1.165, 1.54) is 6.92 Å². The van der Waals surface area contributed by atoms with Crippen LogP contribution < -0.4 is 0 Å². The normalized spacial score (nSPS) is 28.6. The van der Waals surface area contributed by atoms with E-state index in [2.05, 4.69) is 0 Å². The number of hydrogen-bond donors (Lipinski definition) is 1. The predicted octanol–water partition coefficient (Wildman–Crippen LogP) is 2.29. The fourth-order valence-corrected chi connectivity index (χ4v) is 2.76. The van der Waals surface area contributed by atoms with E-state index in [4.69, 9.17) is 5.11 Å². The molecule has 0 bridgehead atoms. The van der Waals surface area contributed by atoms with E-state index in [1.54, 1.807) is 13.8 Å². The maximum Gasteiger partial charge on any atom is 0.471 e. The van der Waals surface area contributed by atoms with Crippen molar-refractivity contribution < 1.29 is 27.9 Å². The molecule has 1 saturated heterocycles. The van der Waals surface area contributed by atoms with Gasteiger partial charge in [-0.15, -0.1) is 0 Å². The van der Waals surface area contributed by atoms with E-state index in [1.807, 2.05) is 0 Å². The van der Waals surface area contributed by atoms with Gasteiger partial charge in [-0.25, -0.2) is 0 Å². The van der Waals surface area contributed by atoms with Crippen LogP contribution in [0.1, 0.15) is 33.6 Å². The number of piperidine rings is 1. The van der Waals surface area contributed by atoms with Crippen molar-refractivity contribution in [1.29, 1.82) is 0 Å². The number of carboxylic acids is 1. The van der Waals surface area contributed by atoms with Crippen molar-refractivity contribution in [3.8, 4) is 0 Å². The maximum absolute atomic E-state index is 12.6. The number of aliphatic carboxylic acids is 1. The molecule has 1 N–H and O–H groups in total. The summed E-state index contributed by atoms with van der Waals surface area (Å²) in [5.74, 6) is -4.38. The van der Waals surface area contributed by atoms with Gasteiger partial charge in [0.1, 0.15) is 0 Å². The van der Waals surface area contributed by atoms with Crippen molar-refractivity contribution in [3.05, 3.63) is 0 Å². The van der Waals surface area contributed by atoms with E-state index in [0.29, 0.717) is 11.3 Å². The van der Waals surface area contributed by atoms with Crippen molar-refractivity contribution in [2.24, 2.45) is 11.8 Å². The van der Waals surface area contributed by atoms with Crippen LogP contribution in [0.4, 0.5) is 13.2 Å². The van der Waals surface area contributed by atoms with Crippen molar-refractivity contribution in [2.45, 2.75) is 51.9 Å². The molecule has 1 aliphatic heterocycles. The predicted molar refractivity (Wildman–Crippen MR) is 61.3 cm³/mol. The van der Waals surface area contributed by atoms with Crippen LogP contribution in [-0.4, -0.2) is 40.1 Å². The molecule has 1 aliphatic rings. The molecule has 3 atom stereocenters. The molecule has 0 aromatic rings. The van der Waals surface area contributed by atoms with Crippen LogP contribution in [0.2, 0.25) is 0 Å². The van der Waals surface area contributed by atoms with Gasteiger partial charge in [-0.2, -0.15) is 13.2 Å². The van der Waals surface area contributed by atoms with Crippen molar-refractivity contribution in [1.82, 2.24) is 4.90 Å². The molecule has 0 saturated carbocycles. The average molecular weight is 281 g/mol. The smallest absolute Gasteiger partial charge is 0.471 e. The largest absolute Gasteiger partial charge is 0.481 e. The molecular weight excluding hydrogens is 263 g/mol. The molecule has 7 heteroatoms. The second kappa shape index (κ2) is 5.38. The third-order valence-corrected chi connectivity index (χ3v) is 3.58. The lowest BCUT2D eigenvalue weighted by Gasteiger charge is -2.46. The summed E-state index contributed by atoms with van der Waals surface area (Å²) < 4.78 is 37.9. The van der Waals surface area contributed by atoms with Crippen molar-refractivity contribution >= 4 is 11.9 Å². The van der Waals surface area contributed by atoms with E-state index < -0.39 is 36.1 Å². The summed E-state index contributed by atoms with van der Waals surface area (Å²) in [4.78, 5) is 23.4. The van der Waals surface area contributed by atoms with E-state index in [0.717, 1.165) is 0 Å². The molecule has 1 heterocycles. The zero-order valence-electron chi connectivity index (χ0n) is 11.1. The van der Waals surface area contributed by atoms with Gasteiger partial charge in [0.05, 0.1) is 5.92 Å². The van der Waals surface area contributed by atoms with Crippen LogP contribution in [0.25, 0.3) is 0 Å². The number of amides is 1. The zero-order valence-corrected chi connectivity index (χ0v) is 11.1. The zero-order chi connectivity index (χ0) is 15.0. The van der Waals surface area contributed by atoms with Gasteiger partial charge >= 0.3 is 18.1 Å². The standard InChI is InChI=1S/C12H18F3NO3/c1-6(2)9-8(10(17)18)5-4-7(3)16(9)11(19)12(13,14)15/h6-9H,4-5H2,1-3H3,(H,17,18). The Balaban J connectivity index is 3.14. The average Bonchev–Trinajstić information content (AvgIpc) is 2.25. The third-order valence-electron chi connectivity index (χ3n) is 3.58. The molecule has 3 unspecified atom stereocenters. The summed E-state index contributed by atoms with van der Waals surface area (Å²) in [5.41, 5.74) is 0. The van der Waals surface area contributed by atoms with Crippen LogP contribution in [0, 0.1) is 11.8 Å². The molecule has 0 radical (unpaired) electrons. The third kappa shape index (κ3) is 3.19. The monoisotopic (exact) mass is 281 g/mol. The Hall–Kier alpha value is -1.27. The first-order valence-corrected chi connectivity index (χ1v) is 6.19. The number of halogens is 3. The topological polar surface area (TPSA) is 57.6 Å². The molecule has 0 aromatic carbocycles. The number of carboxylic acid groups (broad SMARTS) is 1. The Bertz CT molecular complexity index is 368. The van der Waals surface area contributed by atoms with Crippen LogP contribution in [0.15, 0.2) is 0 Å². The van der Waals surface area contributed by atoms with E-state index in [9.17, 15) is 22.8 Å². The van der Waals surface area contributed by atoms with Gasteiger partial charge < -0.3 is 10.0 Å². The van der Waals surface area contributed by atoms with Crippen LogP contribution in [0.5, 0.6) is 0 Å². The molecule has 1 fully saturated rings. The van der Waals surface area contributed by atoms with Gasteiger partial charge in [0.25, 0.3) is 0 Å². The molecule has 4 nitrogen and oxygen atoms in total. The maximum atomic E-state index is 12.6. The highest BCUT2D eigenvalue weighted by Crippen LogP contribution is 2.35. The fraction of sp³-hybridized carbons (Fsp3) is 0.833. The Morgan fingerprint density at radius 2 is 1.79 bits per heavy atom. The molecule has 0 aromatic heterocycles. The first-order valence-electron chi connectivity index (χ1n) is 6.19. The van der Waals surface area contributed by atoms with Gasteiger partial charge in [-0.05, 0) is 25.7 Å². The highest BCUT2D eigenvalue weighted by atomic mass is 19.4. The minimum absolute atomic E-state index is 0.266. The molecular formula is C12H18F3NO3. The second-order valence-corrected chi connectivity index (χ2v) is 5.32. The summed E-state index contributed by atoms with van der Waals surface area (Å²) in [6.45, 7) is 4.79. The summed E-state index contributed by atoms with van der Waals surface area (Å²) in [5, 5.41) is 9.13. The first kappa shape index (κ1) is 15.8. The van der Waals surface area contributed by atoms with Gasteiger partial charge in [-0.1, -0.05) is 13.8 Å². The number of rotatable bonds is 2. The van der Waals surface area contributed by atoms with E-state index in [-0.39, 0.29) is 12.3 Å². The number of alkyl halides is 3. The molecule has 1 amide bonds. The van der Waals surface area contributed by atoms with Crippen molar-refractivity contribution in [3.63, 3.8) is 0 Å². The van der Waals surface area contributed by atoms with Crippen LogP contribution >= 0.6 is 0 Å². The fourth-order valence-electron chi connectivity index (χ4n) is 2.76. The number of likely N-dealkylation sites (tertiary alicyclic amines) is 1. The van der Waals surface area contributed by atoms with Crippen LogP contribution in [-0.2, 0) is 9.59 Å². The minimum Gasteiger partial charge on any atom is -0.481 e.